The van der Waals surface area contributed by atoms with Gasteiger partial charge >= 0.3 is 12.1 Å². The number of carbonyl (C=O) groups is 2. The summed E-state index contributed by atoms with van der Waals surface area (Å²) in [6.45, 7) is 2.06. The van der Waals surface area contributed by atoms with Crippen LogP contribution in [0.25, 0.3) is 11.1 Å². The van der Waals surface area contributed by atoms with Gasteiger partial charge in [0.2, 0.25) is 0 Å². The summed E-state index contributed by atoms with van der Waals surface area (Å²) in [7, 11) is -3.38. The van der Waals surface area contributed by atoms with Crippen LogP contribution in [0.15, 0.2) is 71.6 Å². The molecule has 0 N–H and O–H groups in total. The highest BCUT2D eigenvalue weighted by atomic mass is 32.2. The number of anilines is 1. The van der Waals surface area contributed by atoms with E-state index in [-0.39, 0.29) is 31.5 Å². The van der Waals surface area contributed by atoms with Gasteiger partial charge in [-0.25, -0.2) is 13.2 Å². The second-order valence-corrected chi connectivity index (χ2v) is 10.6. The normalized spacial score (nSPS) is 12.5. The Kier molecular flexibility index (Phi) is 8.48. The number of rotatable bonds is 10. The van der Waals surface area contributed by atoms with Crippen molar-refractivity contribution in [2.75, 3.05) is 25.2 Å². The quantitative estimate of drug-likeness (QED) is 0.194. The third kappa shape index (κ3) is 6.06. The molecule has 9 heteroatoms. The van der Waals surface area contributed by atoms with Crippen molar-refractivity contribution in [3.63, 3.8) is 0 Å². The van der Waals surface area contributed by atoms with Gasteiger partial charge in [-0.2, -0.15) is 0 Å². The molecule has 0 aliphatic heterocycles. The van der Waals surface area contributed by atoms with E-state index in [9.17, 15) is 22.6 Å². The predicted octanol–water partition coefficient (Wildman–Crippen LogP) is 5.39. The van der Waals surface area contributed by atoms with Crippen LogP contribution in [0.4, 0.5) is 10.5 Å². The number of benzene rings is 3. The van der Waals surface area contributed by atoms with Crippen LogP contribution in [0.3, 0.4) is 0 Å². The van der Waals surface area contributed by atoms with E-state index in [2.05, 4.69) is 16.9 Å². The number of unbranched alkanes of at least 4 members (excludes halogenated alkanes) is 2. The largest absolute Gasteiger partial charge is 0.744 e. The van der Waals surface area contributed by atoms with E-state index >= 15 is 0 Å². The van der Waals surface area contributed by atoms with Gasteiger partial charge in [-0.15, -0.1) is 0 Å². The summed E-state index contributed by atoms with van der Waals surface area (Å²) in [4.78, 5) is 25.8. The Labute approximate surface area is 222 Å². The lowest BCUT2D eigenvalue weighted by molar-refractivity contribution is -0.140. The molecule has 200 valence electrons. The van der Waals surface area contributed by atoms with Gasteiger partial charge in [0.05, 0.1) is 17.7 Å². The highest BCUT2D eigenvalue weighted by Gasteiger charge is 2.30. The van der Waals surface area contributed by atoms with Crippen LogP contribution in [0.2, 0.25) is 0 Å². The average molecular weight is 537 g/mol. The van der Waals surface area contributed by atoms with Crippen molar-refractivity contribution in [3.8, 4) is 11.1 Å². The first-order valence-corrected chi connectivity index (χ1v) is 13.9. The van der Waals surface area contributed by atoms with Gasteiger partial charge < -0.3 is 14.0 Å². The molecule has 4 rings (SSSR count). The number of nitrogens with zero attached hydrogens (tertiary/aromatic N) is 1. The number of hydrogen-bond acceptors (Lipinski definition) is 7. The molecule has 3 aromatic carbocycles. The summed E-state index contributed by atoms with van der Waals surface area (Å²) in [6.07, 6.45) is 1.39. The second kappa shape index (κ2) is 11.8. The van der Waals surface area contributed by atoms with E-state index in [1.54, 1.807) is 6.92 Å². The number of carbonyl (C=O) groups excluding carboxylic acids is 2. The van der Waals surface area contributed by atoms with Crippen molar-refractivity contribution in [1.82, 2.24) is 0 Å². The van der Waals surface area contributed by atoms with Crippen molar-refractivity contribution in [2.45, 2.75) is 43.4 Å². The minimum absolute atomic E-state index is 0.101. The van der Waals surface area contributed by atoms with Crippen molar-refractivity contribution in [2.24, 2.45) is 0 Å². The Hall–Kier alpha value is -3.69. The molecule has 0 aromatic heterocycles. The van der Waals surface area contributed by atoms with Crippen molar-refractivity contribution in [1.29, 1.82) is 0 Å². The summed E-state index contributed by atoms with van der Waals surface area (Å²) in [5.41, 5.74) is 5.29. The molecule has 0 heterocycles. The molecule has 1 aliphatic carbocycles. The Balaban J connectivity index is 1.55. The van der Waals surface area contributed by atoms with Gasteiger partial charge in [-0.1, -0.05) is 61.0 Å². The molecule has 0 spiro atoms. The fourth-order valence-corrected chi connectivity index (χ4v) is 5.33. The van der Waals surface area contributed by atoms with E-state index < -0.39 is 21.1 Å². The molecule has 3 aromatic rings. The van der Waals surface area contributed by atoms with Crippen molar-refractivity contribution in [3.05, 3.63) is 83.4 Å². The zero-order chi connectivity index (χ0) is 27.3. The maximum absolute atomic E-state index is 13.5. The lowest BCUT2D eigenvalue weighted by Crippen LogP contribution is -2.34. The summed E-state index contributed by atoms with van der Waals surface area (Å²) >= 11 is 0. The van der Waals surface area contributed by atoms with Gasteiger partial charge in [0, 0.05) is 18.9 Å². The SMILES string of the molecule is COC(=O)CCCCCN(C(=O)OCC1c2ccccc2-c2ccccc21)c1cc(S(=O)(=O)[O-])ccc1C. The zero-order valence-electron chi connectivity index (χ0n) is 21.4. The predicted molar refractivity (Wildman–Crippen MR) is 142 cm³/mol. The third-order valence-electron chi connectivity index (χ3n) is 6.81. The smallest absolute Gasteiger partial charge is 0.414 e. The topological polar surface area (TPSA) is 113 Å². The molecule has 0 unspecified atom stereocenters. The minimum Gasteiger partial charge on any atom is -0.744 e. The average Bonchev–Trinajstić information content (AvgIpc) is 3.22. The molecular formula is C29H30NO7S-. The summed E-state index contributed by atoms with van der Waals surface area (Å²) < 4.78 is 45.5. The first-order chi connectivity index (χ1) is 18.2. The Morgan fingerprint density at radius 3 is 2.16 bits per heavy atom. The van der Waals surface area contributed by atoms with Gasteiger partial charge in [-0.3, -0.25) is 9.69 Å². The first kappa shape index (κ1) is 27.3. The third-order valence-corrected chi connectivity index (χ3v) is 7.64. The summed E-state index contributed by atoms with van der Waals surface area (Å²) in [6, 6.07) is 20.0. The van der Waals surface area contributed by atoms with Gasteiger partial charge in [0.15, 0.2) is 0 Å². The van der Waals surface area contributed by atoms with E-state index in [1.165, 1.54) is 30.2 Å². The van der Waals surface area contributed by atoms with E-state index in [0.717, 1.165) is 22.3 Å². The van der Waals surface area contributed by atoms with Crippen LogP contribution < -0.4 is 4.90 Å². The van der Waals surface area contributed by atoms with Crippen LogP contribution >= 0.6 is 0 Å². The van der Waals surface area contributed by atoms with Gasteiger partial charge in [0.1, 0.15) is 16.7 Å². The van der Waals surface area contributed by atoms with Crippen LogP contribution in [-0.2, 0) is 24.4 Å². The second-order valence-electron chi connectivity index (χ2n) is 9.24. The molecular weight excluding hydrogens is 506 g/mol. The Bertz CT molecular complexity index is 1390. The molecule has 0 atom stereocenters. The maximum Gasteiger partial charge on any atom is 0.414 e. The molecule has 0 bridgehead atoms. The van der Waals surface area contributed by atoms with Crippen LogP contribution in [0, 0.1) is 6.92 Å². The first-order valence-electron chi connectivity index (χ1n) is 12.5. The van der Waals surface area contributed by atoms with Crippen LogP contribution in [0.1, 0.15) is 48.3 Å². The fourth-order valence-electron chi connectivity index (χ4n) is 4.84. The number of hydrogen-bond donors (Lipinski definition) is 0. The Morgan fingerprint density at radius 1 is 0.921 bits per heavy atom. The summed E-state index contributed by atoms with van der Waals surface area (Å²) in [5.74, 6) is -0.440. The molecule has 1 aliphatic rings. The van der Waals surface area contributed by atoms with E-state index in [4.69, 9.17) is 4.74 Å². The molecule has 0 radical (unpaired) electrons. The van der Waals surface area contributed by atoms with Crippen LogP contribution in [-0.4, -0.2) is 45.3 Å². The number of aryl methyl sites for hydroxylation is 1. The zero-order valence-corrected chi connectivity index (χ0v) is 22.2. The number of ether oxygens (including phenoxy) is 2. The van der Waals surface area contributed by atoms with Gasteiger partial charge in [0.25, 0.3) is 0 Å². The van der Waals surface area contributed by atoms with Crippen LogP contribution in [0.5, 0.6) is 0 Å². The highest BCUT2D eigenvalue weighted by molar-refractivity contribution is 7.85. The van der Waals surface area contributed by atoms with Gasteiger partial charge in [-0.05, 0) is 59.7 Å². The van der Waals surface area contributed by atoms with Crippen molar-refractivity contribution < 1.29 is 32.0 Å². The molecule has 0 saturated carbocycles. The highest BCUT2D eigenvalue weighted by Crippen LogP contribution is 2.44. The molecule has 1 amide bonds. The lowest BCUT2D eigenvalue weighted by Gasteiger charge is -2.26. The Morgan fingerprint density at radius 2 is 1.55 bits per heavy atom. The number of methoxy groups -OCH3 is 1. The lowest BCUT2D eigenvalue weighted by atomic mass is 9.98. The summed E-state index contributed by atoms with van der Waals surface area (Å²) in [5, 5.41) is 0. The molecule has 38 heavy (non-hydrogen) atoms. The van der Waals surface area contributed by atoms with Crippen molar-refractivity contribution >= 4 is 27.9 Å². The maximum atomic E-state index is 13.5. The molecule has 0 saturated heterocycles. The fraction of sp³-hybridized carbons (Fsp3) is 0.310. The minimum atomic E-state index is -4.72. The van der Waals surface area contributed by atoms with E-state index in [0.29, 0.717) is 30.5 Å². The molecule has 8 nitrogen and oxygen atoms in total. The monoisotopic (exact) mass is 536 g/mol. The number of amides is 1. The molecule has 0 fully saturated rings. The van der Waals surface area contributed by atoms with E-state index in [1.807, 2.05) is 36.4 Å². The number of fused-ring (bicyclic) bond motifs is 3. The number of esters is 1. The standard InChI is InChI=1S/C29H31NO7S/c1-20-15-16-21(38(33,34)35)18-27(20)30(17-9-3-4-14-28(31)36-2)29(32)37-19-26-24-12-7-5-10-22(24)23-11-6-8-13-25(23)26/h5-8,10-13,15-16,18,26H,3-4,9,14,17,19H2,1-2H3,(H,33,34,35)/p-1.